The zero-order valence-corrected chi connectivity index (χ0v) is 11.6. The summed E-state index contributed by atoms with van der Waals surface area (Å²) < 4.78 is 5.11. The minimum absolute atomic E-state index is 0.275. The van der Waals surface area contributed by atoms with Crippen molar-refractivity contribution in [1.82, 2.24) is 4.98 Å². The monoisotopic (exact) mass is 288 g/mol. The second-order valence-electron chi connectivity index (χ2n) is 3.94. The predicted molar refractivity (Wildman–Crippen MR) is 79.9 cm³/mol. The summed E-state index contributed by atoms with van der Waals surface area (Å²) in [7, 11) is 1.60. The Labute approximate surface area is 122 Å². The van der Waals surface area contributed by atoms with Gasteiger partial charge in [-0.05, 0) is 35.9 Å². The molecule has 1 aromatic heterocycles. The summed E-state index contributed by atoms with van der Waals surface area (Å²) in [5.41, 5.74) is 0.874. The number of ether oxygens (including phenoxy) is 1. The first kappa shape index (κ1) is 14.1. The van der Waals surface area contributed by atoms with Crippen LogP contribution in [0.4, 0.5) is 5.82 Å². The molecule has 2 rings (SSSR count). The highest BCUT2D eigenvalue weighted by atomic mass is 35.5. The number of anilines is 1. The van der Waals surface area contributed by atoms with Gasteiger partial charge >= 0.3 is 0 Å². The summed E-state index contributed by atoms with van der Waals surface area (Å²) in [4.78, 5) is 15.7. The summed E-state index contributed by atoms with van der Waals surface area (Å²) in [6.45, 7) is 0. The lowest BCUT2D eigenvalue weighted by molar-refractivity contribution is -0.111. The summed E-state index contributed by atoms with van der Waals surface area (Å²) in [6, 6.07) is 12.4. The van der Waals surface area contributed by atoms with E-state index < -0.39 is 0 Å². The van der Waals surface area contributed by atoms with E-state index in [1.54, 1.807) is 31.4 Å². The highest BCUT2D eigenvalue weighted by molar-refractivity contribution is 6.29. The SMILES string of the molecule is COc1cccc(/C=C/C(=O)Nc2cccc(Cl)n2)c1. The molecule has 0 aliphatic rings. The molecule has 1 N–H and O–H groups in total. The molecule has 102 valence electrons. The van der Waals surface area contributed by atoms with E-state index in [0.717, 1.165) is 11.3 Å². The van der Waals surface area contributed by atoms with Crippen molar-refractivity contribution in [3.63, 3.8) is 0 Å². The van der Waals surface area contributed by atoms with Crippen LogP contribution < -0.4 is 10.1 Å². The minimum Gasteiger partial charge on any atom is -0.497 e. The third-order valence-corrected chi connectivity index (χ3v) is 2.70. The van der Waals surface area contributed by atoms with Crippen LogP contribution >= 0.6 is 11.6 Å². The van der Waals surface area contributed by atoms with Gasteiger partial charge in [0.05, 0.1) is 7.11 Å². The standard InChI is InChI=1S/C15H13ClN2O2/c1-20-12-5-2-4-11(10-12)8-9-15(19)18-14-7-3-6-13(16)17-14/h2-10H,1H3,(H,17,18,19)/b9-8+. The Bertz CT molecular complexity index is 641. The van der Waals surface area contributed by atoms with Crippen molar-refractivity contribution in [1.29, 1.82) is 0 Å². The zero-order chi connectivity index (χ0) is 14.4. The zero-order valence-electron chi connectivity index (χ0n) is 10.8. The van der Waals surface area contributed by atoms with Gasteiger partial charge in [0.25, 0.3) is 0 Å². The molecular weight excluding hydrogens is 276 g/mol. The molecule has 0 bridgehead atoms. The fourth-order valence-electron chi connectivity index (χ4n) is 1.56. The second-order valence-corrected chi connectivity index (χ2v) is 4.33. The molecule has 5 heteroatoms. The molecule has 1 aromatic carbocycles. The molecular formula is C15H13ClN2O2. The highest BCUT2D eigenvalue weighted by Gasteiger charge is 2.00. The van der Waals surface area contributed by atoms with E-state index in [0.29, 0.717) is 11.0 Å². The van der Waals surface area contributed by atoms with Crippen molar-refractivity contribution in [2.24, 2.45) is 0 Å². The molecule has 4 nitrogen and oxygen atoms in total. The molecule has 0 atom stereocenters. The first-order valence-electron chi connectivity index (χ1n) is 5.93. The lowest BCUT2D eigenvalue weighted by Gasteiger charge is -2.02. The number of hydrogen-bond acceptors (Lipinski definition) is 3. The van der Waals surface area contributed by atoms with Crippen LogP contribution in [0.1, 0.15) is 5.56 Å². The van der Waals surface area contributed by atoms with Crippen LogP contribution in [0.25, 0.3) is 6.08 Å². The fraction of sp³-hybridized carbons (Fsp3) is 0.0667. The normalized spacial score (nSPS) is 10.5. The number of pyridine rings is 1. The lowest BCUT2D eigenvalue weighted by Crippen LogP contribution is -2.08. The molecule has 0 spiro atoms. The van der Waals surface area contributed by atoms with Crippen LogP contribution in [0.15, 0.2) is 48.5 Å². The van der Waals surface area contributed by atoms with E-state index in [4.69, 9.17) is 16.3 Å². The van der Waals surface area contributed by atoms with Gasteiger partial charge in [0, 0.05) is 6.08 Å². The van der Waals surface area contributed by atoms with E-state index >= 15 is 0 Å². The van der Waals surface area contributed by atoms with Crippen molar-refractivity contribution >= 4 is 29.4 Å². The molecule has 0 saturated heterocycles. The molecule has 0 saturated carbocycles. The number of methoxy groups -OCH3 is 1. The van der Waals surface area contributed by atoms with Crippen molar-refractivity contribution in [3.05, 3.63) is 59.3 Å². The summed E-state index contributed by atoms with van der Waals surface area (Å²) in [6.07, 6.45) is 3.12. The third-order valence-electron chi connectivity index (χ3n) is 2.49. The minimum atomic E-state index is -0.275. The van der Waals surface area contributed by atoms with Gasteiger partial charge in [0.2, 0.25) is 5.91 Å². The number of nitrogens with zero attached hydrogens (tertiary/aromatic N) is 1. The molecule has 0 radical (unpaired) electrons. The number of halogens is 1. The molecule has 2 aromatic rings. The first-order chi connectivity index (χ1) is 9.67. The highest BCUT2D eigenvalue weighted by Crippen LogP contribution is 2.14. The Morgan fingerprint density at radius 1 is 1.30 bits per heavy atom. The Hall–Kier alpha value is -2.33. The Morgan fingerprint density at radius 3 is 2.85 bits per heavy atom. The van der Waals surface area contributed by atoms with Crippen LogP contribution in [-0.4, -0.2) is 18.0 Å². The molecule has 20 heavy (non-hydrogen) atoms. The van der Waals surface area contributed by atoms with Crippen LogP contribution in [0, 0.1) is 0 Å². The number of aromatic nitrogens is 1. The van der Waals surface area contributed by atoms with E-state index in [1.165, 1.54) is 6.08 Å². The van der Waals surface area contributed by atoms with Gasteiger partial charge in [0.15, 0.2) is 0 Å². The van der Waals surface area contributed by atoms with Crippen molar-refractivity contribution in [3.8, 4) is 5.75 Å². The summed E-state index contributed by atoms with van der Waals surface area (Å²) in [5.74, 6) is 0.879. The van der Waals surface area contributed by atoms with Gasteiger partial charge in [-0.2, -0.15) is 0 Å². The average Bonchev–Trinajstić information content (AvgIpc) is 2.45. The quantitative estimate of drug-likeness (QED) is 0.693. The molecule has 0 unspecified atom stereocenters. The Morgan fingerprint density at radius 2 is 2.10 bits per heavy atom. The van der Waals surface area contributed by atoms with Gasteiger partial charge in [-0.1, -0.05) is 29.8 Å². The Balaban J connectivity index is 2.02. The number of benzene rings is 1. The van der Waals surface area contributed by atoms with E-state index in [-0.39, 0.29) is 5.91 Å². The van der Waals surface area contributed by atoms with Crippen LogP contribution in [0.5, 0.6) is 5.75 Å². The van der Waals surface area contributed by atoms with Crippen molar-refractivity contribution in [2.75, 3.05) is 12.4 Å². The lowest BCUT2D eigenvalue weighted by atomic mass is 10.2. The van der Waals surface area contributed by atoms with Gasteiger partial charge < -0.3 is 10.1 Å². The van der Waals surface area contributed by atoms with E-state index in [9.17, 15) is 4.79 Å². The van der Waals surface area contributed by atoms with Gasteiger partial charge in [-0.25, -0.2) is 4.98 Å². The van der Waals surface area contributed by atoms with E-state index in [1.807, 2.05) is 24.3 Å². The van der Waals surface area contributed by atoms with Crippen LogP contribution in [0.2, 0.25) is 5.15 Å². The Kier molecular flexibility index (Phi) is 4.74. The van der Waals surface area contributed by atoms with E-state index in [2.05, 4.69) is 10.3 Å². The number of amides is 1. The number of hydrogen-bond donors (Lipinski definition) is 1. The number of carbonyl (C=O) groups excluding carboxylic acids is 1. The molecule has 0 aliphatic heterocycles. The molecule has 0 aliphatic carbocycles. The average molecular weight is 289 g/mol. The molecule has 1 heterocycles. The maximum Gasteiger partial charge on any atom is 0.249 e. The van der Waals surface area contributed by atoms with Crippen molar-refractivity contribution in [2.45, 2.75) is 0 Å². The van der Waals surface area contributed by atoms with Gasteiger partial charge in [0.1, 0.15) is 16.7 Å². The topological polar surface area (TPSA) is 51.2 Å². The predicted octanol–water partition coefficient (Wildman–Crippen LogP) is 3.40. The summed E-state index contributed by atoms with van der Waals surface area (Å²) >= 11 is 5.74. The number of nitrogens with one attached hydrogen (secondary N) is 1. The second kappa shape index (κ2) is 6.73. The smallest absolute Gasteiger partial charge is 0.249 e. The van der Waals surface area contributed by atoms with Crippen LogP contribution in [-0.2, 0) is 4.79 Å². The third kappa shape index (κ3) is 4.10. The largest absolute Gasteiger partial charge is 0.497 e. The molecule has 1 amide bonds. The van der Waals surface area contributed by atoms with Crippen molar-refractivity contribution < 1.29 is 9.53 Å². The van der Waals surface area contributed by atoms with Gasteiger partial charge in [-0.15, -0.1) is 0 Å². The number of rotatable bonds is 4. The molecule has 0 fully saturated rings. The first-order valence-corrected chi connectivity index (χ1v) is 6.31. The summed E-state index contributed by atoms with van der Waals surface area (Å²) in [5, 5.41) is 2.96. The van der Waals surface area contributed by atoms with Gasteiger partial charge in [-0.3, -0.25) is 4.79 Å². The van der Waals surface area contributed by atoms with Crippen LogP contribution in [0.3, 0.4) is 0 Å². The maximum atomic E-state index is 11.7. The number of carbonyl (C=O) groups is 1. The maximum absolute atomic E-state index is 11.7. The fourth-order valence-corrected chi connectivity index (χ4v) is 1.73.